The van der Waals surface area contributed by atoms with Gasteiger partial charge in [0.2, 0.25) is 0 Å². The summed E-state index contributed by atoms with van der Waals surface area (Å²) in [5.74, 6) is 0.835. The van der Waals surface area contributed by atoms with Crippen LogP contribution < -0.4 is 5.32 Å². The Bertz CT molecular complexity index is 512. The normalized spacial score (nSPS) is 17.7. The molecule has 1 fully saturated rings. The van der Waals surface area contributed by atoms with E-state index in [1.807, 2.05) is 0 Å². The first kappa shape index (κ1) is 11.3. The lowest BCUT2D eigenvalue weighted by atomic mass is 9.98. The van der Waals surface area contributed by atoms with Gasteiger partial charge in [-0.1, -0.05) is 22.0 Å². The van der Waals surface area contributed by atoms with E-state index in [4.69, 9.17) is 0 Å². The van der Waals surface area contributed by atoms with Crippen molar-refractivity contribution in [2.45, 2.75) is 19.4 Å². The van der Waals surface area contributed by atoms with Crippen LogP contribution in [0.15, 0.2) is 35.1 Å². The van der Waals surface area contributed by atoms with Gasteiger partial charge in [-0.3, -0.25) is 0 Å². The van der Waals surface area contributed by atoms with Gasteiger partial charge in [0.05, 0.1) is 0 Å². The smallest absolute Gasteiger partial charge is 0.0249 e. The third-order valence-electron chi connectivity index (χ3n) is 3.59. The van der Waals surface area contributed by atoms with Gasteiger partial charge < -0.3 is 9.88 Å². The summed E-state index contributed by atoms with van der Waals surface area (Å²) >= 11 is 3.52. The first-order valence-electron chi connectivity index (χ1n) is 6.27. The van der Waals surface area contributed by atoms with Crippen LogP contribution in [-0.4, -0.2) is 17.7 Å². The van der Waals surface area contributed by atoms with Gasteiger partial charge in [-0.15, -0.1) is 0 Å². The van der Waals surface area contributed by atoms with Crippen LogP contribution >= 0.6 is 15.9 Å². The van der Waals surface area contributed by atoms with E-state index in [-0.39, 0.29) is 0 Å². The Labute approximate surface area is 110 Å². The Balaban J connectivity index is 1.80. The van der Waals surface area contributed by atoms with Crippen LogP contribution in [0.4, 0.5) is 0 Å². The summed E-state index contributed by atoms with van der Waals surface area (Å²) in [6, 6.07) is 6.48. The molecule has 1 aromatic heterocycles. The number of aromatic nitrogens is 1. The van der Waals surface area contributed by atoms with E-state index in [0.29, 0.717) is 0 Å². The Morgan fingerprint density at radius 1 is 1.18 bits per heavy atom. The molecule has 1 aliphatic heterocycles. The minimum atomic E-state index is 0.835. The van der Waals surface area contributed by atoms with Gasteiger partial charge in [0.25, 0.3) is 0 Å². The molecule has 1 saturated heterocycles. The molecule has 0 saturated carbocycles. The zero-order valence-corrected chi connectivity index (χ0v) is 11.4. The highest BCUT2D eigenvalue weighted by molar-refractivity contribution is 9.10. The maximum Gasteiger partial charge on any atom is 0.0249 e. The summed E-state index contributed by atoms with van der Waals surface area (Å²) in [6.45, 7) is 3.52. The number of halogens is 1. The lowest BCUT2D eigenvalue weighted by Gasteiger charge is -2.22. The number of benzene rings is 1. The molecule has 0 spiro atoms. The molecule has 0 atom stereocenters. The zero-order chi connectivity index (χ0) is 11.7. The van der Waals surface area contributed by atoms with Crippen LogP contribution in [0.3, 0.4) is 0 Å². The molecular formula is C14H17BrN2. The summed E-state index contributed by atoms with van der Waals surface area (Å²) < 4.78 is 3.51. The van der Waals surface area contributed by atoms with Crippen molar-refractivity contribution in [3.05, 3.63) is 35.1 Å². The summed E-state index contributed by atoms with van der Waals surface area (Å²) in [6.07, 6.45) is 7.14. The molecule has 3 heteroatoms. The fourth-order valence-corrected chi connectivity index (χ4v) is 3.02. The minimum absolute atomic E-state index is 0.835. The predicted octanol–water partition coefficient (Wildman–Crippen LogP) is 3.40. The van der Waals surface area contributed by atoms with E-state index in [1.54, 1.807) is 0 Å². The average molecular weight is 293 g/mol. The Hall–Kier alpha value is -0.800. The van der Waals surface area contributed by atoms with E-state index in [1.165, 1.54) is 36.7 Å². The number of rotatable bonds is 2. The van der Waals surface area contributed by atoms with Crippen LogP contribution in [0.5, 0.6) is 0 Å². The van der Waals surface area contributed by atoms with Crippen molar-refractivity contribution in [3.8, 4) is 0 Å². The van der Waals surface area contributed by atoms with Crippen molar-refractivity contribution in [2.24, 2.45) is 5.92 Å². The van der Waals surface area contributed by atoms with E-state index in [9.17, 15) is 0 Å². The molecular weight excluding hydrogens is 276 g/mol. The quantitative estimate of drug-likeness (QED) is 0.898. The van der Waals surface area contributed by atoms with E-state index in [2.05, 4.69) is 56.4 Å². The van der Waals surface area contributed by atoms with Gasteiger partial charge in [-0.25, -0.2) is 0 Å². The third kappa shape index (κ3) is 2.55. The molecule has 2 nitrogen and oxygen atoms in total. The number of piperidine rings is 1. The number of hydrogen-bond acceptors (Lipinski definition) is 1. The molecule has 90 valence electrons. The van der Waals surface area contributed by atoms with Gasteiger partial charge in [-0.05, 0) is 49.4 Å². The second-order valence-corrected chi connectivity index (χ2v) is 5.84. The highest BCUT2D eigenvalue weighted by atomic mass is 79.9. The molecule has 2 heterocycles. The fourth-order valence-electron chi connectivity index (χ4n) is 2.64. The fraction of sp³-hybridized carbons (Fsp3) is 0.429. The van der Waals surface area contributed by atoms with Crippen molar-refractivity contribution in [3.63, 3.8) is 0 Å². The van der Waals surface area contributed by atoms with Gasteiger partial charge in [0.15, 0.2) is 0 Å². The molecule has 0 aliphatic carbocycles. The zero-order valence-electron chi connectivity index (χ0n) is 9.82. The van der Waals surface area contributed by atoms with E-state index >= 15 is 0 Å². The van der Waals surface area contributed by atoms with Crippen molar-refractivity contribution in [2.75, 3.05) is 13.1 Å². The summed E-state index contributed by atoms with van der Waals surface area (Å²) in [7, 11) is 0. The highest BCUT2D eigenvalue weighted by Gasteiger charge is 2.13. The van der Waals surface area contributed by atoms with Crippen LogP contribution in [0.25, 0.3) is 10.8 Å². The Morgan fingerprint density at radius 2 is 1.94 bits per heavy atom. The largest absolute Gasteiger partial charge is 0.353 e. The topological polar surface area (TPSA) is 17.0 Å². The van der Waals surface area contributed by atoms with Gasteiger partial charge in [0, 0.05) is 28.8 Å². The first-order chi connectivity index (χ1) is 8.31. The maximum absolute atomic E-state index is 3.52. The Kier molecular flexibility index (Phi) is 3.21. The molecule has 1 aromatic carbocycles. The molecule has 1 N–H and O–H groups in total. The SMILES string of the molecule is Brc1ccc2cn(CC3CCNCC3)cc2c1. The van der Waals surface area contributed by atoms with Gasteiger partial charge in [-0.2, -0.15) is 0 Å². The third-order valence-corrected chi connectivity index (χ3v) is 4.08. The van der Waals surface area contributed by atoms with Crippen LogP contribution in [0.2, 0.25) is 0 Å². The van der Waals surface area contributed by atoms with Crippen LogP contribution in [0, 0.1) is 5.92 Å². The average Bonchev–Trinajstić information content (AvgIpc) is 2.71. The molecule has 1 aliphatic rings. The lowest BCUT2D eigenvalue weighted by Crippen LogP contribution is -2.29. The summed E-state index contributed by atoms with van der Waals surface area (Å²) in [5.41, 5.74) is 0. The summed E-state index contributed by atoms with van der Waals surface area (Å²) in [5, 5.41) is 6.08. The second kappa shape index (κ2) is 4.83. The van der Waals surface area contributed by atoms with Crippen LogP contribution in [-0.2, 0) is 6.54 Å². The molecule has 0 bridgehead atoms. The molecule has 3 rings (SSSR count). The molecule has 0 amide bonds. The van der Waals surface area contributed by atoms with Crippen molar-refractivity contribution in [1.29, 1.82) is 0 Å². The number of hydrogen-bond donors (Lipinski definition) is 1. The Morgan fingerprint density at radius 3 is 2.76 bits per heavy atom. The first-order valence-corrected chi connectivity index (χ1v) is 7.06. The molecule has 0 unspecified atom stereocenters. The number of nitrogens with zero attached hydrogens (tertiary/aromatic N) is 1. The number of nitrogens with one attached hydrogen (secondary N) is 1. The predicted molar refractivity (Wildman–Crippen MR) is 75.2 cm³/mol. The van der Waals surface area contributed by atoms with Crippen molar-refractivity contribution >= 4 is 26.7 Å². The van der Waals surface area contributed by atoms with E-state index in [0.717, 1.165) is 16.9 Å². The molecule has 0 radical (unpaired) electrons. The minimum Gasteiger partial charge on any atom is -0.353 e. The second-order valence-electron chi connectivity index (χ2n) is 4.92. The number of fused-ring (bicyclic) bond motifs is 1. The molecule has 17 heavy (non-hydrogen) atoms. The maximum atomic E-state index is 3.52. The van der Waals surface area contributed by atoms with Crippen LogP contribution in [0.1, 0.15) is 12.8 Å². The van der Waals surface area contributed by atoms with Crippen molar-refractivity contribution in [1.82, 2.24) is 9.88 Å². The van der Waals surface area contributed by atoms with Crippen molar-refractivity contribution < 1.29 is 0 Å². The van der Waals surface area contributed by atoms with Gasteiger partial charge in [0.1, 0.15) is 0 Å². The van der Waals surface area contributed by atoms with E-state index < -0.39 is 0 Å². The molecule has 2 aromatic rings. The monoisotopic (exact) mass is 292 g/mol. The lowest BCUT2D eigenvalue weighted by molar-refractivity contribution is 0.334. The standard InChI is InChI=1S/C14H17BrN2/c15-14-2-1-12-9-17(10-13(12)7-14)8-11-3-5-16-6-4-11/h1-2,7,9-11,16H,3-6,8H2. The van der Waals surface area contributed by atoms with Gasteiger partial charge >= 0.3 is 0 Å². The highest BCUT2D eigenvalue weighted by Crippen LogP contribution is 2.22. The summed E-state index contributed by atoms with van der Waals surface area (Å²) in [4.78, 5) is 0.